The van der Waals surface area contributed by atoms with Crippen molar-refractivity contribution in [1.82, 2.24) is 0 Å². The van der Waals surface area contributed by atoms with Crippen molar-refractivity contribution in [3.63, 3.8) is 0 Å². The lowest BCUT2D eigenvalue weighted by molar-refractivity contribution is -0.691. The van der Waals surface area contributed by atoms with E-state index in [1.54, 1.807) is 0 Å². The number of nitrogens with two attached hydrogens (primary N) is 1. The lowest BCUT2D eigenvalue weighted by atomic mass is 10.0. The predicted molar refractivity (Wildman–Crippen MR) is 88.3 cm³/mol. The number of ether oxygens (including phenoxy) is 1. The molecule has 0 fully saturated rings. The molecule has 0 aliphatic heterocycles. The fourth-order valence-electron chi connectivity index (χ4n) is 2.06. The number of benzene rings is 1. The van der Waals surface area contributed by atoms with E-state index in [1.165, 1.54) is 0 Å². The van der Waals surface area contributed by atoms with E-state index in [-0.39, 0.29) is 0 Å². The minimum absolute atomic E-state index is 0.313. The van der Waals surface area contributed by atoms with Crippen molar-refractivity contribution in [3.05, 3.63) is 28.3 Å². The van der Waals surface area contributed by atoms with Gasteiger partial charge < -0.3 is 15.2 Å². The first-order valence-electron chi connectivity index (χ1n) is 7.79. The van der Waals surface area contributed by atoms with Gasteiger partial charge in [-0.2, -0.15) is 0 Å². The number of aliphatic hydroxyl groups is 1. The average molecular weight is 315 g/mol. The highest BCUT2D eigenvalue weighted by Gasteiger charge is 2.14. The first kappa shape index (κ1) is 18.3. The Bertz CT molecular complexity index is 449. The normalized spacial score (nSPS) is 14.3. The van der Waals surface area contributed by atoms with Gasteiger partial charge in [-0.3, -0.25) is 0 Å². The van der Waals surface area contributed by atoms with E-state index in [4.69, 9.17) is 16.3 Å². The fourth-order valence-corrected chi connectivity index (χ4v) is 2.23. The lowest BCUT2D eigenvalue weighted by Gasteiger charge is -2.18. The van der Waals surface area contributed by atoms with Crippen LogP contribution in [0.2, 0.25) is 5.02 Å². The minimum atomic E-state index is -0.463. The summed E-state index contributed by atoms with van der Waals surface area (Å²) in [5.41, 5.74) is 2.08. The van der Waals surface area contributed by atoms with Crippen molar-refractivity contribution in [2.45, 2.75) is 59.1 Å². The quantitative estimate of drug-likeness (QED) is 0.775. The van der Waals surface area contributed by atoms with Crippen molar-refractivity contribution in [3.8, 4) is 5.75 Å². The summed E-state index contributed by atoms with van der Waals surface area (Å²) >= 11 is 6.18. The maximum Gasteiger partial charge on any atom is 0.137 e. The molecule has 0 aliphatic carbocycles. The summed E-state index contributed by atoms with van der Waals surface area (Å²) in [6.45, 7) is 11.5. The molecule has 4 heteroatoms. The van der Waals surface area contributed by atoms with Crippen LogP contribution in [-0.2, 0) is 0 Å². The predicted octanol–water partition coefficient (Wildman–Crippen LogP) is 2.87. The largest absolute Gasteiger partial charge is 0.490 e. The van der Waals surface area contributed by atoms with Gasteiger partial charge in [0.1, 0.15) is 25.0 Å². The number of hydrogen-bond acceptors (Lipinski definition) is 2. The average Bonchev–Trinajstić information content (AvgIpc) is 2.45. The van der Waals surface area contributed by atoms with Crippen LogP contribution in [0.1, 0.15) is 51.2 Å². The maximum absolute atomic E-state index is 10.0. The summed E-state index contributed by atoms with van der Waals surface area (Å²) in [5.74, 6) is 1.16. The van der Waals surface area contributed by atoms with E-state index in [1.807, 2.05) is 19.1 Å². The molecule has 1 aromatic carbocycles. The number of quaternary nitrogens is 1. The number of hydrogen-bond donors (Lipinski definition) is 2. The zero-order chi connectivity index (χ0) is 16.0. The molecule has 3 nitrogen and oxygen atoms in total. The molecule has 21 heavy (non-hydrogen) atoms. The molecule has 120 valence electrons. The molecule has 3 N–H and O–H groups in total. The zero-order valence-corrected chi connectivity index (χ0v) is 14.6. The Morgan fingerprint density at radius 2 is 1.95 bits per heavy atom. The molecule has 1 aromatic rings. The van der Waals surface area contributed by atoms with Crippen LogP contribution >= 0.6 is 11.6 Å². The topological polar surface area (TPSA) is 46.1 Å². The molecule has 0 saturated heterocycles. The molecule has 2 atom stereocenters. The van der Waals surface area contributed by atoms with E-state index in [0.29, 0.717) is 25.1 Å². The highest BCUT2D eigenvalue weighted by Crippen LogP contribution is 2.32. The van der Waals surface area contributed by atoms with Crippen molar-refractivity contribution in [2.75, 3.05) is 13.2 Å². The molecular formula is C17H29ClNO2+. The van der Waals surface area contributed by atoms with Gasteiger partial charge in [0.15, 0.2) is 0 Å². The summed E-state index contributed by atoms with van der Waals surface area (Å²) in [6, 6.07) is 4.46. The molecule has 0 aliphatic rings. The van der Waals surface area contributed by atoms with E-state index >= 15 is 0 Å². The Labute approximate surface area is 133 Å². The Balaban J connectivity index is 2.64. The molecule has 0 unspecified atom stereocenters. The second-order valence-corrected chi connectivity index (χ2v) is 6.52. The van der Waals surface area contributed by atoms with Gasteiger partial charge in [-0.1, -0.05) is 32.4 Å². The van der Waals surface area contributed by atoms with Crippen molar-refractivity contribution in [2.24, 2.45) is 0 Å². The van der Waals surface area contributed by atoms with Crippen LogP contribution in [0.15, 0.2) is 12.1 Å². The molecule has 0 heterocycles. The van der Waals surface area contributed by atoms with Gasteiger partial charge in [0.2, 0.25) is 0 Å². The van der Waals surface area contributed by atoms with Crippen LogP contribution < -0.4 is 10.1 Å². The summed E-state index contributed by atoms with van der Waals surface area (Å²) in [7, 11) is 0. The first-order valence-corrected chi connectivity index (χ1v) is 8.17. The highest BCUT2D eigenvalue weighted by atomic mass is 35.5. The van der Waals surface area contributed by atoms with Crippen molar-refractivity contribution >= 4 is 11.6 Å². The molecule has 0 amide bonds. The van der Waals surface area contributed by atoms with Crippen LogP contribution in [0.5, 0.6) is 5.75 Å². The van der Waals surface area contributed by atoms with Gasteiger partial charge in [0, 0.05) is 5.02 Å². The summed E-state index contributed by atoms with van der Waals surface area (Å²) < 4.78 is 5.83. The van der Waals surface area contributed by atoms with Gasteiger partial charge in [0.05, 0.1) is 6.04 Å². The summed E-state index contributed by atoms with van der Waals surface area (Å²) in [4.78, 5) is 0. The molecule has 0 saturated carbocycles. The van der Waals surface area contributed by atoms with Crippen LogP contribution in [0.25, 0.3) is 0 Å². The van der Waals surface area contributed by atoms with Gasteiger partial charge in [-0.25, -0.2) is 0 Å². The third-order valence-electron chi connectivity index (χ3n) is 3.80. The Morgan fingerprint density at radius 1 is 1.29 bits per heavy atom. The van der Waals surface area contributed by atoms with Gasteiger partial charge >= 0.3 is 0 Å². The van der Waals surface area contributed by atoms with Crippen LogP contribution in [-0.4, -0.2) is 30.4 Å². The first-order chi connectivity index (χ1) is 9.85. The molecule has 0 aromatic heterocycles. The Morgan fingerprint density at radius 3 is 2.52 bits per heavy atom. The van der Waals surface area contributed by atoms with E-state index in [0.717, 1.165) is 28.3 Å². The second-order valence-electron chi connectivity index (χ2n) is 6.12. The fraction of sp³-hybridized carbons (Fsp3) is 0.647. The molecular weight excluding hydrogens is 286 g/mol. The zero-order valence-electron chi connectivity index (χ0n) is 13.8. The summed E-state index contributed by atoms with van der Waals surface area (Å²) in [5, 5.41) is 12.9. The smallest absolute Gasteiger partial charge is 0.137 e. The van der Waals surface area contributed by atoms with E-state index < -0.39 is 6.10 Å². The monoisotopic (exact) mass is 314 g/mol. The highest BCUT2D eigenvalue weighted by molar-refractivity contribution is 6.31. The second kappa shape index (κ2) is 8.62. The van der Waals surface area contributed by atoms with Crippen LogP contribution in [0, 0.1) is 6.92 Å². The van der Waals surface area contributed by atoms with E-state index in [9.17, 15) is 5.11 Å². The number of aliphatic hydroxyl groups excluding tert-OH is 1. The van der Waals surface area contributed by atoms with E-state index in [2.05, 4.69) is 33.0 Å². The lowest BCUT2D eigenvalue weighted by Crippen LogP contribution is -2.91. The van der Waals surface area contributed by atoms with Crippen LogP contribution in [0.3, 0.4) is 0 Å². The molecule has 0 spiro atoms. The maximum atomic E-state index is 10.0. The van der Waals surface area contributed by atoms with Gasteiger partial charge in [-0.15, -0.1) is 0 Å². The molecule has 1 rings (SSSR count). The number of aryl methyl sites for hydroxylation is 1. The third-order valence-corrected chi connectivity index (χ3v) is 4.21. The number of halogens is 1. The minimum Gasteiger partial charge on any atom is -0.490 e. The van der Waals surface area contributed by atoms with Gasteiger partial charge in [-0.05, 0) is 49.4 Å². The van der Waals surface area contributed by atoms with Gasteiger partial charge in [0.25, 0.3) is 0 Å². The van der Waals surface area contributed by atoms with Crippen LogP contribution in [0.4, 0.5) is 0 Å². The summed E-state index contributed by atoms with van der Waals surface area (Å²) in [6.07, 6.45) is 0.636. The Hall–Kier alpha value is -0.770. The SMILES string of the molecule is CC[C@@H](C)[NH2+]C[C@@H](O)COc1cc(C)c(Cl)cc1C(C)C. The van der Waals surface area contributed by atoms with Crippen molar-refractivity contribution in [1.29, 1.82) is 0 Å². The van der Waals surface area contributed by atoms with Crippen molar-refractivity contribution < 1.29 is 15.2 Å². The molecule has 0 bridgehead atoms. The Kier molecular flexibility index (Phi) is 7.50. The number of rotatable bonds is 8. The molecule has 0 radical (unpaired) electrons. The standard InChI is InChI=1S/C17H28ClNO2/c1-6-13(5)19-9-14(20)10-21-17-7-12(4)16(18)8-15(17)11(2)3/h7-8,11,13-14,19-20H,6,9-10H2,1-5H3/p+1/t13-,14-/m1/s1. The third kappa shape index (κ3) is 5.85.